The van der Waals surface area contributed by atoms with Crippen molar-refractivity contribution in [2.24, 2.45) is 0 Å². The van der Waals surface area contributed by atoms with Gasteiger partial charge in [0, 0.05) is 15.6 Å². The highest BCUT2D eigenvalue weighted by Crippen LogP contribution is 2.40. The van der Waals surface area contributed by atoms with Gasteiger partial charge in [-0.25, -0.2) is 4.39 Å². The fourth-order valence-electron chi connectivity index (χ4n) is 3.49. The summed E-state index contributed by atoms with van der Waals surface area (Å²) in [6.45, 7) is 2.57. The van der Waals surface area contributed by atoms with Crippen molar-refractivity contribution >= 4 is 68.1 Å². The summed E-state index contributed by atoms with van der Waals surface area (Å²) >= 11 is 16.6. The first kappa shape index (κ1) is 28.3. The molecule has 1 saturated heterocycles. The van der Waals surface area contributed by atoms with Crippen molar-refractivity contribution < 1.29 is 28.2 Å². The molecule has 1 aliphatic heterocycles. The molecule has 3 aromatic carbocycles. The van der Waals surface area contributed by atoms with Gasteiger partial charge in [0.2, 0.25) is 0 Å². The van der Waals surface area contributed by atoms with Crippen molar-refractivity contribution in [2.75, 3.05) is 19.8 Å². The van der Waals surface area contributed by atoms with E-state index in [4.69, 9.17) is 37.4 Å². The van der Waals surface area contributed by atoms with Crippen LogP contribution < -0.4 is 14.2 Å². The maximum Gasteiger partial charge on any atom is 0.293 e. The minimum absolute atomic E-state index is 0.0628. The normalized spacial score (nSPS) is 14.3. The van der Waals surface area contributed by atoms with Crippen LogP contribution >= 0.6 is 50.9 Å². The highest BCUT2D eigenvalue weighted by molar-refractivity contribution is 9.10. The maximum absolute atomic E-state index is 13.0. The van der Waals surface area contributed by atoms with E-state index in [1.807, 2.05) is 6.92 Å². The number of ether oxygens (including phenoxy) is 3. The third-order valence-corrected chi connectivity index (χ3v) is 7.37. The van der Waals surface area contributed by atoms with Crippen LogP contribution in [0.1, 0.15) is 18.1 Å². The van der Waals surface area contributed by atoms with Crippen molar-refractivity contribution in [3.63, 3.8) is 0 Å². The monoisotopic (exact) mass is 639 g/mol. The number of benzene rings is 3. The van der Waals surface area contributed by atoms with Crippen LogP contribution in [0.25, 0.3) is 6.08 Å². The van der Waals surface area contributed by atoms with E-state index in [0.29, 0.717) is 43.9 Å². The molecule has 11 heteroatoms. The standard InChI is InChI=1S/C27H21BrCl2FNO5S/c1-2-35-23-12-16(11-21(28)25(23)37-15-17-3-4-18(29)14-22(17)30)13-24-26(33)32(27(34)38-24)9-10-36-20-7-5-19(31)6-8-20/h3-8,11-14H,2,9-10,15H2,1H3/b24-13-. The second-order valence-corrected chi connectivity index (χ2v) is 10.6. The van der Waals surface area contributed by atoms with Crippen LogP contribution in [0.3, 0.4) is 0 Å². The van der Waals surface area contributed by atoms with Crippen LogP contribution in [-0.2, 0) is 11.4 Å². The van der Waals surface area contributed by atoms with Crippen molar-refractivity contribution in [3.05, 3.63) is 91.0 Å². The predicted octanol–water partition coefficient (Wildman–Crippen LogP) is 7.99. The molecule has 198 valence electrons. The first-order chi connectivity index (χ1) is 18.2. The van der Waals surface area contributed by atoms with E-state index in [2.05, 4.69) is 15.9 Å². The predicted molar refractivity (Wildman–Crippen MR) is 151 cm³/mol. The molecule has 6 nitrogen and oxygen atoms in total. The lowest BCUT2D eigenvalue weighted by Gasteiger charge is -2.15. The van der Waals surface area contributed by atoms with Gasteiger partial charge in [-0.05, 0) is 94.8 Å². The van der Waals surface area contributed by atoms with Gasteiger partial charge in [0.05, 0.1) is 22.5 Å². The Bertz CT molecular complexity index is 1390. The number of amides is 2. The zero-order valence-corrected chi connectivity index (χ0v) is 23.9. The molecule has 1 fully saturated rings. The summed E-state index contributed by atoms with van der Waals surface area (Å²) < 4.78 is 31.0. The van der Waals surface area contributed by atoms with Gasteiger partial charge in [-0.15, -0.1) is 0 Å². The fraction of sp³-hybridized carbons (Fsp3) is 0.185. The molecular formula is C27H21BrCl2FNO5S. The molecule has 3 aromatic rings. The lowest BCUT2D eigenvalue weighted by atomic mass is 10.1. The van der Waals surface area contributed by atoms with Crippen LogP contribution in [0.5, 0.6) is 17.2 Å². The zero-order chi connectivity index (χ0) is 27.2. The molecule has 0 atom stereocenters. The lowest BCUT2D eigenvalue weighted by Crippen LogP contribution is -2.32. The van der Waals surface area contributed by atoms with Gasteiger partial charge in [0.15, 0.2) is 11.5 Å². The molecule has 0 bridgehead atoms. The Morgan fingerprint density at radius 3 is 2.50 bits per heavy atom. The second-order valence-electron chi connectivity index (χ2n) is 7.92. The highest BCUT2D eigenvalue weighted by atomic mass is 79.9. The highest BCUT2D eigenvalue weighted by Gasteiger charge is 2.35. The SMILES string of the molecule is CCOc1cc(/C=C2\SC(=O)N(CCOc3ccc(F)cc3)C2=O)cc(Br)c1OCc1ccc(Cl)cc1Cl. The van der Waals surface area contributed by atoms with E-state index in [0.717, 1.165) is 22.2 Å². The minimum atomic E-state index is -0.422. The first-order valence-corrected chi connectivity index (χ1v) is 13.8. The molecule has 2 amide bonds. The Hall–Kier alpha value is -2.72. The molecule has 0 aromatic heterocycles. The second kappa shape index (κ2) is 12.9. The minimum Gasteiger partial charge on any atom is -0.492 e. The number of thioether (sulfide) groups is 1. The van der Waals surface area contributed by atoms with Crippen molar-refractivity contribution in [1.82, 2.24) is 4.90 Å². The Balaban J connectivity index is 1.46. The van der Waals surface area contributed by atoms with E-state index in [9.17, 15) is 14.0 Å². The Kier molecular flexibility index (Phi) is 9.59. The number of halogens is 4. The summed E-state index contributed by atoms with van der Waals surface area (Å²) in [6.07, 6.45) is 1.62. The van der Waals surface area contributed by atoms with Crippen LogP contribution in [0.2, 0.25) is 10.0 Å². The number of nitrogens with zero attached hydrogens (tertiary/aromatic N) is 1. The Morgan fingerprint density at radius 1 is 1.03 bits per heavy atom. The van der Waals surface area contributed by atoms with Crippen molar-refractivity contribution in [3.8, 4) is 17.2 Å². The van der Waals surface area contributed by atoms with Gasteiger partial charge in [0.25, 0.3) is 11.1 Å². The maximum atomic E-state index is 13.0. The van der Waals surface area contributed by atoms with Gasteiger partial charge in [-0.1, -0.05) is 29.3 Å². The van der Waals surface area contributed by atoms with E-state index in [1.165, 1.54) is 24.3 Å². The number of rotatable bonds is 10. The van der Waals surface area contributed by atoms with Gasteiger partial charge < -0.3 is 14.2 Å². The molecule has 1 aliphatic rings. The average Bonchev–Trinajstić information content (AvgIpc) is 3.13. The molecule has 0 spiro atoms. The van der Waals surface area contributed by atoms with E-state index in [-0.39, 0.29) is 30.5 Å². The molecule has 1 heterocycles. The van der Waals surface area contributed by atoms with Crippen LogP contribution in [0.15, 0.2) is 64.0 Å². The summed E-state index contributed by atoms with van der Waals surface area (Å²) in [6, 6.07) is 14.2. The third-order valence-electron chi connectivity index (χ3n) is 5.29. The van der Waals surface area contributed by atoms with Crippen LogP contribution in [0, 0.1) is 5.82 Å². The van der Waals surface area contributed by atoms with Crippen LogP contribution in [-0.4, -0.2) is 35.8 Å². The number of carbonyl (C=O) groups excluding carboxylic acids is 2. The number of carbonyl (C=O) groups is 2. The average molecular weight is 641 g/mol. The molecule has 4 rings (SSSR count). The zero-order valence-electron chi connectivity index (χ0n) is 20.0. The summed E-state index contributed by atoms with van der Waals surface area (Å²) in [4.78, 5) is 26.8. The molecule has 38 heavy (non-hydrogen) atoms. The summed E-state index contributed by atoms with van der Waals surface area (Å²) in [7, 11) is 0. The Morgan fingerprint density at radius 2 is 1.79 bits per heavy atom. The smallest absolute Gasteiger partial charge is 0.293 e. The van der Waals surface area contributed by atoms with Gasteiger partial charge in [-0.2, -0.15) is 0 Å². The molecular weight excluding hydrogens is 620 g/mol. The molecule has 0 radical (unpaired) electrons. The van der Waals surface area contributed by atoms with Crippen molar-refractivity contribution in [2.45, 2.75) is 13.5 Å². The van der Waals surface area contributed by atoms with E-state index < -0.39 is 11.1 Å². The molecule has 0 saturated carbocycles. The summed E-state index contributed by atoms with van der Waals surface area (Å²) in [5.41, 5.74) is 1.40. The molecule has 0 aliphatic carbocycles. The van der Waals surface area contributed by atoms with E-state index in [1.54, 1.807) is 36.4 Å². The third kappa shape index (κ3) is 7.02. The number of hydrogen-bond acceptors (Lipinski definition) is 6. The van der Waals surface area contributed by atoms with Crippen molar-refractivity contribution in [1.29, 1.82) is 0 Å². The number of imide groups is 1. The summed E-state index contributed by atoms with van der Waals surface area (Å²) in [5, 5.41) is 0.624. The topological polar surface area (TPSA) is 65.1 Å². The largest absolute Gasteiger partial charge is 0.492 e. The molecule has 0 unspecified atom stereocenters. The van der Waals surface area contributed by atoms with Gasteiger partial charge in [-0.3, -0.25) is 14.5 Å². The molecule has 0 N–H and O–H groups in total. The summed E-state index contributed by atoms with van der Waals surface area (Å²) in [5.74, 6) is 0.585. The lowest BCUT2D eigenvalue weighted by molar-refractivity contribution is -0.123. The quantitative estimate of drug-likeness (QED) is 0.209. The first-order valence-electron chi connectivity index (χ1n) is 11.4. The number of hydrogen-bond donors (Lipinski definition) is 0. The van der Waals surface area contributed by atoms with Gasteiger partial charge >= 0.3 is 0 Å². The fourth-order valence-corrected chi connectivity index (χ4v) is 5.39. The Labute approximate surface area is 241 Å². The van der Waals surface area contributed by atoms with Gasteiger partial charge in [0.1, 0.15) is 24.8 Å². The van der Waals surface area contributed by atoms with E-state index >= 15 is 0 Å². The van der Waals surface area contributed by atoms with Crippen LogP contribution in [0.4, 0.5) is 9.18 Å².